The lowest BCUT2D eigenvalue weighted by Crippen LogP contribution is -2.37. The van der Waals surface area contributed by atoms with Crippen molar-refractivity contribution < 1.29 is 4.79 Å². The number of H-pyrrole nitrogens is 1. The van der Waals surface area contributed by atoms with E-state index in [0.717, 1.165) is 0 Å². The molecule has 0 atom stereocenters. The number of aromatic amines is 1. The number of carbonyl (C=O) groups is 1. The number of Topliss-reactive ketones (excluding diaryl/α,β-unsaturated/α-hetero) is 1. The van der Waals surface area contributed by atoms with Crippen molar-refractivity contribution in [3.05, 3.63) is 26.4 Å². The van der Waals surface area contributed by atoms with Gasteiger partial charge < -0.3 is 5.73 Å². The molecule has 0 fully saturated rings. The van der Waals surface area contributed by atoms with Crippen LogP contribution < -0.4 is 17.0 Å². The SMILES string of the molecule is CC(C)Cn1c(N)c(C(=O)CCl)c(=O)[nH]c1=O. The lowest BCUT2D eigenvalue weighted by Gasteiger charge is -2.13. The lowest BCUT2D eigenvalue weighted by molar-refractivity contribution is 0.101. The van der Waals surface area contributed by atoms with E-state index in [1.165, 1.54) is 4.57 Å². The summed E-state index contributed by atoms with van der Waals surface area (Å²) in [6, 6.07) is 0. The van der Waals surface area contributed by atoms with E-state index >= 15 is 0 Å². The number of hydrogen-bond donors (Lipinski definition) is 2. The molecule has 17 heavy (non-hydrogen) atoms. The van der Waals surface area contributed by atoms with Gasteiger partial charge in [0.2, 0.25) is 0 Å². The highest BCUT2D eigenvalue weighted by Crippen LogP contribution is 2.08. The van der Waals surface area contributed by atoms with Crippen molar-refractivity contribution in [2.45, 2.75) is 20.4 Å². The minimum Gasteiger partial charge on any atom is -0.384 e. The Morgan fingerprint density at radius 1 is 1.47 bits per heavy atom. The molecule has 0 unspecified atom stereocenters. The van der Waals surface area contributed by atoms with Crippen LogP contribution in [0, 0.1) is 5.92 Å². The second-order valence-corrected chi connectivity index (χ2v) is 4.35. The van der Waals surface area contributed by atoms with Crippen molar-refractivity contribution in [2.24, 2.45) is 5.92 Å². The highest BCUT2D eigenvalue weighted by molar-refractivity contribution is 6.30. The van der Waals surface area contributed by atoms with Crippen LogP contribution in [-0.4, -0.2) is 21.2 Å². The predicted molar refractivity (Wildman–Crippen MR) is 65.6 cm³/mol. The molecule has 1 aromatic rings. The molecular weight excluding hydrogens is 246 g/mol. The van der Waals surface area contributed by atoms with E-state index < -0.39 is 17.0 Å². The van der Waals surface area contributed by atoms with E-state index in [-0.39, 0.29) is 23.2 Å². The first kappa shape index (κ1) is 13.5. The van der Waals surface area contributed by atoms with Crippen LogP contribution in [0.4, 0.5) is 5.82 Å². The Morgan fingerprint density at radius 2 is 2.06 bits per heavy atom. The Kier molecular flexibility index (Phi) is 4.11. The maximum Gasteiger partial charge on any atom is 0.329 e. The van der Waals surface area contributed by atoms with Crippen LogP contribution in [0.5, 0.6) is 0 Å². The first-order valence-electron chi connectivity index (χ1n) is 5.10. The van der Waals surface area contributed by atoms with Crippen LogP contribution >= 0.6 is 11.6 Å². The molecule has 0 saturated heterocycles. The number of nitrogens with one attached hydrogen (secondary N) is 1. The van der Waals surface area contributed by atoms with Crippen molar-refractivity contribution in [3.63, 3.8) is 0 Å². The number of halogens is 1. The Hall–Kier alpha value is -1.56. The molecule has 0 amide bonds. The Bertz CT molecular complexity index is 545. The summed E-state index contributed by atoms with van der Waals surface area (Å²) in [5, 5.41) is 0. The summed E-state index contributed by atoms with van der Waals surface area (Å²) in [7, 11) is 0. The number of nitrogen functional groups attached to an aromatic ring is 1. The summed E-state index contributed by atoms with van der Waals surface area (Å²) in [6.45, 7) is 4.10. The Balaban J connectivity index is 3.49. The lowest BCUT2D eigenvalue weighted by atomic mass is 10.2. The van der Waals surface area contributed by atoms with Gasteiger partial charge in [-0.3, -0.25) is 19.1 Å². The van der Waals surface area contributed by atoms with Gasteiger partial charge in [0.1, 0.15) is 11.4 Å². The zero-order chi connectivity index (χ0) is 13.2. The Labute approximate surface area is 102 Å². The molecule has 0 radical (unpaired) electrons. The predicted octanol–water partition coefficient (Wildman–Crippen LogP) is 0.196. The summed E-state index contributed by atoms with van der Waals surface area (Å²) in [5.74, 6) is -0.923. The average Bonchev–Trinajstić information content (AvgIpc) is 2.23. The van der Waals surface area contributed by atoms with Crippen molar-refractivity contribution >= 4 is 23.2 Å². The standard InChI is InChI=1S/C10H14ClN3O3/c1-5(2)4-14-8(12)7(6(15)3-11)9(16)13-10(14)17/h5H,3-4,12H2,1-2H3,(H,13,16,17). The molecular formula is C10H14ClN3O3. The molecule has 0 aliphatic rings. The van der Waals surface area contributed by atoms with Gasteiger partial charge in [0, 0.05) is 6.54 Å². The quantitative estimate of drug-likeness (QED) is 0.596. The minimum absolute atomic E-state index is 0.127. The van der Waals surface area contributed by atoms with Crippen molar-refractivity contribution in [2.75, 3.05) is 11.6 Å². The normalized spacial score (nSPS) is 10.8. The molecule has 6 nitrogen and oxygen atoms in total. The zero-order valence-corrected chi connectivity index (χ0v) is 10.4. The topological polar surface area (TPSA) is 97.9 Å². The monoisotopic (exact) mass is 259 g/mol. The van der Waals surface area contributed by atoms with Gasteiger partial charge in [0.25, 0.3) is 5.56 Å². The third kappa shape index (κ3) is 2.76. The van der Waals surface area contributed by atoms with Crippen molar-refractivity contribution in [1.82, 2.24) is 9.55 Å². The number of rotatable bonds is 4. The average molecular weight is 260 g/mol. The van der Waals surface area contributed by atoms with Gasteiger partial charge in [-0.2, -0.15) is 0 Å². The van der Waals surface area contributed by atoms with E-state index in [4.69, 9.17) is 17.3 Å². The number of aromatic nitrogens is 2. The van der Waals surface area contributed by atoms with Gasteiger partial charge >= 0.3 is 5.69 Å². The number of nitrogens with zero attached hydrogens (tertiary/aromatic N) is 1. The number of carbonyl (C=O) groups excluding carboxylic acids is 1. The Morgan fingerprint density at radius 3 is 2.53 bits per heavy atom. The first-order valence-corrected chi connectivity index (χ1v) is 5.63. The number of ketones is 1. The summed E-state index contributed by atoms with van der Waals surface area (Å²) >= 11 is 5.38. The fourth-order valence-corrected chi connectivity index (χ4v) is 1.60. The van der Waals surface area contributed by atoms with Gasteiger partial charge in [0.05, 0.1) is 5.88 Å². The molecule has 0 saturated carbocycles. The van der Waals surface area contributed by atoms with E-state index in [1.807, 2.05) is 13.8 Å². The highest BCUT2D eigenvalue weighted by Gasteiger charge is 2.18. The fraction of sp³-hybridized carbons (Fsp3) is 0.500. The first-order chi connectivity index (χ1) is 7.88. The van der Waals surface area contributed by atoms with Gasteiger partial charge in [0.15, 0.2) is 5.78 Å². The van der Waals surface area contributed by atoms with E-state index in [1.54, 1.807) is 0 Å². The smallest absolute Gasteiger partial charge is 0.329 e. The fourth-order valence-electron chi connectivity index (χ4n) is 1.47. The molecule has 1 rings (SSSR count). The number of nitrogens with two attached hydrogens (primary N) is 1. The van der Waals surface area contributed by atoms with Crippen molar-refractivity contribution in [1.29, 1.82) is 0 Å². The summed E-state index contributed by atoms with van der Waals surface area (Å²) in [4.78, 5) is 36.5. The second-order valence-electron chi connectivity index (χ2n) is 4.08. The summed E-state index contributed by atoms with van der Waals surface area (Å²) < 4.78 is 1.17. The molecule has 0 bridgehead atoms. The highest BCUT2D eigenvalue weighted by atomic mass is 35.5. The van der Waals surface area contributed by atoms with E-state index in [9.17, 15) is 14.4 Å². The van der Waals surface area contributed by atoms with Gasteiger partial charge in [-0.1, -0.05) is 13.8 Å². The number of hydrogen-bond acceptors (Lipinski definition) is 4. The summed E-state index contributed by atoms with van der Waals surface area (Å²) in [6.07, 6.45) is 0. The molecule has 94 valence electrons. The van der Waals surface area contributed by atoms with Crippen molar-refractivity contribution in [3.8, 4) is 0 Å². The molecule has 0 aromatic carbocycles. The molecule has 0 aliphatic carbocycles. The third-order valence-corrected chi connectivity index (χ3v) is 2.43. The zero-order valence-electron chi connectivity index (χ0n) is 9.62. The molecule has 0 aliphatic heterocycles. The number of anilines is 1. The molecule has 0 spiro atoms. The third-order valence-electron chi connectivity index (χ3n) is 2.19. The van der Waals surface area contributed by atoms with Crippen LogP contribution in [0.25, 0.3) is 0 Å². The molecule has 3 N–H and O–H groups in total. The second kappa shape index (κ2) is 5.18. The number of alkyl halides is 1. The minimum atomic E-state index is -0.793. The van der Waals surface area contributed by atoms with Gasteiger partial charge in [-0.25, -0.2) is 4.79 Å². The molecule has 7 heteroatoms. The van der Waals surface area contributed by atoms with Crippen LogP contribution in [0.2, 0.25) is 0 Å². The molecule has 1 heterocycles. The van der Waals surface area contributed by atoms with Crippen LogP contribution in [-0.2, 0) is 6.54 Å². The van der Waals surface area contributed by atoms with Gasteiger partial charge in [-0.15, -0.1) is 11.6 Å². The summed E-state index contributed by atoms with van der Waals surface area (Å²) in [5.41, 5.74) is 4.01. The van der Waals surface area contributed by atoms with Gasteiger partial charge in [-0.05, 0) is 5.92 Å². The van der Waals surface area contributed by atoms with Crippen LogP contribution in [0.3, 0.4) is 0 Å². The largest absolute Gasteiger partial charge is 0.384 e. The van der Waals surface area contributed by atoms with Crippen LogP contribution in [0.15, 0.2) is 9.59 Å². The van der Waals surface area contributed by atoms with Crippen LogP contribution in [0.1, 0.15) is 24.2 Å². The maximum atomic E-state index is 11.5. The maximum absolute atomic E-state index is 11.5. The van der Waals surface area contributed by atoms with E-state index in [2.05, 4.69) is 4.98 Å². The van der Waals surface area contributed by atoms with E-state index in [0.29, 0.717) is 6.54 Å². The molecule has 1 aromatic heterocycles.